The SMILES string of the molecule is COCC(C)(C)n1cc[nH]c1=O. The van der Waals surface area contributed by atoms with Gasteiger partial charge in [0.05, 0.1) is 12.1 Å². The Morgan fingerprint density at radius 2 is 2.33 bits per heavy atom. The Kier molecular flexibility index (Phi) is 2.38. The molecule has 0 radical (unpaired) electrons. The molecule has 0 amide bonds. The molecular formula is C8H14N2O2. The molecule has 1 rings (SSSR count). The van der Waals surface area contributed by atoms with E-state index in [9.17, 15) is 4.79 Å². The number of imidazole rings is 1. The van der Waals surface area contributed by atoms with Crippen LogP contribution < -0.4 is 5.69 Å². The first-order valence-electron chi connectivity index (χ1n) is 3.83. The van der Waals surface area contributed by atoms with Crippen LogP contribution in [0.3, 0.4) is 0 Å². The zero-order valence-electron chi connectivity index (χ0n) is 7.63. The van der Waals surface area contributed by atoms with Crippen molar-refractivity contribution >= 4 is 0 Å². The average Bonchev–Trinajstić information content (AvgIpc) is 2.35. The molecule has 0 aliphatic carbocycles. The van der Waals surface area contributed by atoms with Crippen LogP contribution >= 0.6 is 0 Å². The number of nitrogens with zero attached hydrogens (tertiary/aromatic N) is 1. The topological polar surface area (TPSA) is 47.0 Å². The summed E-state index contributed by atoms with van der Waals surface area (Å²) in [7, 11) is 1.62. The van der Waals surface area contributed by atoms with Gasteiger partial charge in [0.15, 0.2) is 0 Å². The number of nitrogens with one attached hydrogen (secondary N) is 1. The summed E-state index contributed by atoms with van der Waals surface area (Å²) in [6.45, 7) is 4.42. The number of ether oxygens (including phenoxy) is 1. The molecule has 4 nitrogen and oxygen atoms in total. The summed E-state index contributed by atoms with van der Waals surface area (Å²) in [4.78, 5) is 13.8. The van der Waals surface area contributed by atoms with Gasteiger partial charge in [0.25, 0.3) is 0 Å². The van der Waals surface area contributed by atoms with Crippen molar-refractivity contribution in [1.82, 2.24) is 9.55 Å². The highest BCUT2D eigenvalue weighted by atomic mass is 16.5. The van der Waals surface area contributed by atoms with Crippen molar-refractivity contribution in [3.8, 4) is 0 Å². The summed E-state index contributed by atoms with van der Waals surface area (Å²) in [6.07, 6.45) is 3.35. The Morgan fingerprint density at radius 3 is 2.75 bits per heavy atom. The Labute approximate surface area is 71.2 Å². The molecule has 0 atom stereocenters. The third-order valence-electron chi connectivity index (χ3n) is 1.80. The van der Waals surface area contributed by atoms with E-state index < -0.39 is 0 Å². The van der Waals surface area contributed by atoms with Gasteiger partial charge in [0, 0.05) is 19.5 Å². The van der Waals surface area contributed by atoms with Gasteiger partial charge in [-0.05, 0) is 13.8 Å². The van der Waals surface area contributed by atoms with E-state index in [1.54, 1.807) is 24.1 Å². The van der Waals surface area contributed by atoms with Gasteiger partial charge in [-0.25, -0.2) is 4.79 Å². The van der Waals surface area contributed by atoms with Crippen molar-refractivity contribution in [2.75, 3.05) is 13.7 Å². The van der Waals surface area contributed by atoms with Gasteiger partial charge in [-0.1, -0.05) is 0 Å². The lowest BCUT2D eigenvalue weighted by Crippen LogP contribution is -2.37. The summed E-state index contributed by atoms with van der Waals surface area (Å²) >= 11 is 0. The molecule has 0 saturated heterocycles. The molecule has 0 spiro atoms. The molecule has 0 aromatic carbocycles. The van der Waals surface area contributed by atoms with Crippen LogP contribution in [0.1, 0.15) is 13.8 Å². The van der Waals surface area contributed by atoms with E-state index in [4.69, 9.17) is 4.74 Å². The molecule has 1 aromatic rings. The van der Waals surface area contributed by atoms with Gasteiger partial charge in [-0.15, -0.1) is 0 Å². The highest BCUT2D eigenvalue weighted by Crippen LogP contribution is 2.11. The average molecular weight is 170 g/mol. The number of aromatic amines is 1. The highest BCUT2D eigenvalue weighted by molar-refractivity contribution is 4.86. The first kappa shape index (κ1) is 9.06. The van der Waals surface area contributed by atoms with E-state index in [0.29, 0.717) is 6.61 Å². The summed E-state index contributed by atoms with van der Waals surface area (Å²) in [5, 5.41) is 0. The fraction of sp³-hybridized carbons (Fsp3) is 0.625. The minimum Gasteiger partial charge on any atom is -0.382 e. The summed E-state index contributed by atoms with van der Waals surface area (Å²) in [5.41, 5.74) is -0.386. The molecular weight excluding hydrogens is 156 g/mol. The maximum absolute atomic E-state index is 11.2. The first-order valence-corrected chi connectivity index (χ1v) is 3.83. The third-order valence-corrected chi connectivity index (χ3v) is 1.80. The monoisotopic (exact) mass is 170 g/mol. The maximum Gasteiger partial charge on any atom is 0.326 e. The number of hydrogen-bond acceptors (Lipinski definition) is 2. The van der Waals surface area contributed by atoms with Gasteiger partial charge in [0.1, 0.15) is 0 Å². The number of hydrogen-bond donors (Lipinski definition) is 1. The van der Waals surface area contributed by atoms with E-state index in [1.165, 1.54) is 0 Å². The molecule has 1 N–H and O–H groups in total. The van der Waals surface area contributed by atoms with Crippen molar-refractivity contribution in [2.24, 2.45) is 0 Å². The van der Waals surface area contributed by atoms with E-state index in [-0.39, 0.29) is 11.2 Å². The standard InChI is InChI=1S/C8H14N2O2/c1-8(2,6-12-3)10-5-4-9-7(10)11/h4-5H,6H2,1-3H3,(H,9,11). The Balaban J connectivity index is 2.96. The van der Waals surface area contributed by atoms with Crippen LogP contribution in [0.25, 0.3) is 0 Å². The van der Waals surface area contributed by atoms with Crippen LogP contribution in [0.2, 0.25) is 0 Å². The zero-order valence-corrected chi connectivity index (χ0v) is 7.63. The van der Waals surface area contributed by atoms with Crippen LogP contribution in [-0.2, 0) is 10.3 Å². The lowest BCUT2D eigenvalue weighted by molar-refractivity contribution is 0.107. The second kappa shape index (κ2) is 3.15. The predicted octanol–water partition coefficient (Wildman–Crippen LogP) is 0.558. The van der Waals surface area contributed by atoms with E-state index >= 15 is 0 Å². The smallest absolute Gasteiger partial charge is 0.326 e. The second-order valence-corrected chi connectivity index (χ2v) is 3.38. The van der Waals surface area contributed by atoms with E-state index in [2.05, 4.69) is 4.98 Å². The quantitative estimate of drug-likeness (QED) is 0.720. The second-order valence-electron chi connectivity index (χ2n) is 3.38. The first-order chi connectivity index (χ1) is 5.58. The Bertz CT molecular complexity index is 298. The van der Waals surface area contributed by atoms with Gasteiger partial charge < -0.3 is 9.72 Å². The van der Waals surface area contributed by atoms with Gasteiger partial charge in [-0.3, -0.25) is 4.57 Å². The molecule has 4 heteroatoms. The molecule has 0 bridgehead atoms. The van der Waals surface area contributed by atoms with Crippen molar-refractivity contribution < 1.29 is 4.74 Å². The molecule has 0 saturated carbocycles. The maximum atomic E-state index is 11.2. The lowest BCUT2D eigenvalue weighted by Gasteiger charge is -2.24. The summed E-state index contributed by atoms with van der Waals surface area (Å²) in [6, 6.07) is 0. The van der Waals surface area contributed by atoms with Crippen LogP contribution in [0, 0.1) is 0 Å². The molecule has 12 heavy (non-hydrogen) atoms. The Morgan fingerprint density at radius 1 is 1.67 bits per heavy atom. The number of methoxy groups -OCH3 is 1. The molecule has 0 aliphatic heterocycles. The van der Waals surface area contributed by atoms with E-state index in [0.717, 1.165) is 0 Å². The minimum atomic E-state index is -0.286. The lowest BCUT2D eigenvalue weighted by atomic mass is 10.1. The molecule has 0 aliphatic rings. The highest BCUT2D eigenvalue weighted by Gasteiger charge is 2.20. The number of H-pyrrole nitrogens is 1. The van der Waals surface area contributed by atoms with Crippen LogP contribution in [0.4, 0.5) is 0 Å². The molecule has 0 fully saturated rings. The van der Waals surface area contributed by atoms with Crippen molar-refractivity contribution in [3.05, 3.63) is 22.9 Å². The van der Waals surface area contributed by atoms with Gasteiger partial charge in [-0.2, -0.15) is 0 Å². The minimum absolute atomic E-state index is 0.1000. The van der Waals surface area contributed by atoms with Crippen LogP contribution in [0.5, 0.6) is 0 Å². The predicted molar refractivity (Wildman–Crippen MR) is 46.3 cm³/mol. The van der Waals surface area contributed by atoms with Crippen LogP contribution in [-0.4, -0.2) is 23.3 Å². The summed E-state index contributed by atoms with van der Waals surface area (Å²) < 4.78 is 6.63. The molecule has 68 valence electrons. The van der Waals surface area contributed by atoms with Gasteiger partial charge >= 0.3 is 5.69 Å². The zero-order chi connectivity index (χ0) is 9.19. The fourth-order valence-electron chi connectivity index (χ4n) is 1.22. The van der Waals surface area contributed by atoms with Crippen molar-refractivity contribution in [3.63, 3.8) is 0 Å². The van der Waals surface area contributed by atoms with Crippen molar-refractivity contribution in [2.45, 2.75) is 19.4 Å². The Hall–Kier alpha value is -1.03. The number of rotatable bonds is 3. The number of aromatic nitrogens is 2. The normalized spacial score (nSPS) is 11.9. The van der Waals surface area contributed by atoms with Crippen molar-refractivity contribution in [1.29, 1.82) is 0 Å². The van der Waals surface area contributed by atoms with Gasteiger partial charge in [0.2, 0.25) is 0 Å². The fourth-order valence-corrected chi connectivity index (χ4v) is 1.22. The largest absolute Gasteiger partial charge is 0.382 e. The van der Waals surface area contributed by atoms with E-state index in [1.807, 2.05) is 13.8 Å². The van der Waals surface area contributed by atoms with Crippen LogP contribution in [0.15, 0.2) is 17.2 Å². The summed E-state index contributed by atoms with van der Waals surface area (Å²) in [5.74, 6) is 0. The molecule has 1 heterocycles. The molecule has 1 aromatic heterocycles. The molecule has 0 unspecified atom stereocenters. The third kappa shape index (κ3) is 1.58.